The first-order valence-corrected chi connectivity index (χ1v) is 9.44. The third kappa shape index (κ3) is 3.14. The van der Waals surface area contributed by atoms with Gasteiger partial charge in [-0.25, -0.2) is 13.1 Å². The first-order chi connectivity index (χ1) is 11.3. The van der Waals surface area contributed by atoms with Crippen molar-refractivity contribution in [2.75, 3.05) is 11.5 Å². The summed E-state index contributed by atoms with van der Waals surface area (Å²) in [4.78, 5) is 16.7. The van der Waals surface area contributed by atoms with Gasteiger partial charge in [0.2, 0.25) is 0 Å². The lowest BCUT2D eigenvalue weighted by Gasteiger charge is -2.07. The number of aromatic hydroxyl groups is 1. The van der Waals surface area contributed by atoms with E-state index in [2.05, 4.69) is 10.1 Å². The number of hydrogen-bond donors (Lipinski definition) is 2. The van der Waals surface area contributed by atoms with E-state index in [0.29, 0.717) is 23.4 Å². The third-order valence-corrected chi connectivity index (χ3v) is 5.93. The molecule has 7 nitrogen and oxygen atoms in total. The molecule has 1 fully saturated rings. The number of rotatable bonds is 3. The highest BCUT2D eigenvalue weighted by Crippen LogP contribution is 2.27. The van der Waals surface area contributed by atoms with E-state index in [4.69, 9.17) is 0 Å². The van der Waals surface area contributed by atoms with Crippen LogP contribution in [0.15, 0.2) is 28.0 Å². The summed E-state index contributed by atoms with van der Waals surface area (Å²) in [6.07, 6.45) is 1.83. The maximum atomic E-state index is 12.5. The zero-order valence-electron chi connectivity index (χ0n) is 13.5. The van der Waals surface area contributed by atoms with Crippen molar-refractivity contribution in [3.05, 3.63) is 45.4 Å². The van der Waals surface area contributed by atoms with Crippen molar-refractivity contribution in [2.45, 2.75) is 26.3 Å². The number of aromatic nitrogens is 2. The normalized spacial score (nSPS) is 20.0. The van der Waals surface area contributed by atoms with Crippen molar-refractivity contribution >= 4 is 21.7 Å². The minimum absolute atomic E-state index is 0.0257. The molecule has 2 aromatic rings. The first-order valence-electron chi connectivity index (χ1n) is 7.62. The third-order valence-electron chi connectivity index (χ3n) is 4.18. The molecule has 0 radical (unpaired) electrons. The van der Waals surface area contributed by atoms with Gasteiger partial charge in [-0.2, -0.15) is 0 Å². The predicted molar refractivity (Wildman–Crippen MR) is 92.2 cm³/mol. The van der Waals surface area contributed by atoms with Crippen molar-refractivity contribution < 1.29 is 13.5 Å². The average molecular weight is 349 g/mol. The number of hydrogen-bond acceptors (Lipinski definition) is 5. The molecule has 0 bridgehead atoms. The Bertz CT molecular complexity index is 970. The number of aryl methyl sites for hydroxylation is 2. The second kappa shape index (κ2) is 5.94. The molecule has 1 aromatic carbocycles. The molecule has 0 unspecified atom stereocenters. The van der Waals surface area contributed by atoms with Crippen molar-refractivity contribution in [3.8, 4) is 5.75 Å². The fourth-order valence-electron chi connectivity index (χ4n) is 2.84. The highest BCUT2D eigenvalue weighted by Gasteiger charge is 2.31. The van der Waals surface area contributed by atoms with Gasteiger partial charge >= 0.3 is 0 Å². The Labute approximate surface area is 139 Å². The highest BCUT2D eigenvalue weighted by molar-refractivity contribution is 7.91. The van der Waals surface area contributed by atoms with E-state index >= 15 is 0 Å². The summed E-state index contributed by atoms with van der Waals surface area (Å²) in [6.45, 7) is 3.62. The second-order valence-corrected chi connectivity index (χ2v) is 8.36. The molecule has 1 aliphatic heterocycles. The fraction of sp³-hybridized carbons (Fsp3) is 0.375. The zero-order valence-corrected chi connectivity index (χ0v) is 14.3. The molecule has 2 heterocycles. The summed E-state index contributed by atoms with van der Waals surface area (Å²) in [7, 11) is -3.08. The van der Waals surface area contributed by atoms with Gasteiger partial charge in [0.15, 0.2) is 9.84 Å². The highest BCUT2D eigenvalue weighted by atomic mass is 32.2. The van der Waals surface area contributed by atoms with Gasteiger partial charge in [0.25, 0.3) is 5.56 Å². The summed E-state index contributed by atoms with van der Waals surface area (Å²) in [5.74, 6) is 0.109. The van der Waals surface area contributed by atoms with E-state index in [1.807, 2.05) is 6.92 Å². The van der Waals surface area contributed by atoms with Crippen LogP contribution in [-0.2, 0) is 9.84 Å². The van der Waals surface area contributed by atoms with E-state index in [-0.39, 0.29) is 28.9 Å². The van der Waals surface area contributed by atoms with Crippen molar-refractivity contribution in [3.63, 3.8) is 0 Å². The van der Waals surface area contributed by atoms with Crippen LogP contribution < -0.4 is 5.56 Å². The molecule has 0 amide bonds. The monoisotopic (exact) mass is 349 g/mol. The average Bonchev–Trinajstić information content (AvgIpc) is 3.00. The molecular weight excluding hydrogens is 330 g/mol. The number of nitrogens with one attached hydrogen (secondary N) is 1. The van der Waals surface area contributed by atoms with Gasteiger partial charge in [-0.3, -0.25) is 14.9 Å². The van der Waals surface area contributed by atoms with E-state index in [0.717, 1.165) is 5.56 Å². The van der Waals surface area contributed by atoms with Crippen LogP contribution in [-0.4, -0.2) is 41.0 Å². The molecule has 128 valence electrons. The minimum atomic E-state index is -3.08. The van der Waals surface area contributed by atoms with E-state index < -0.39 is 9.84 Å². The maximum Gasteiger partial charge on any atom is 0.275 e. The Morgan fingerprint density at radius 2 is 2.12 bits per heavy atom. The van der Waals surface area contributed by atoms with E-state index in [1.165, 1.54) is 10.9 Å². The van der Waals surface area contributed by atoms with Crippen molar-refractivity contribution in [1.82, 2.24) is 9.78 Å². The molecule has 3 rings (SSSR count). The maximum absolute atomic E-state index is 12.5. The molecule has 1 aliphatic rings. The van der Waals surface area contributed by atoms with Gasteiger partial charge in [-0.15, -0.1) is 0 Å². The summed E-state index contributed by atoms with van der Waals surface area (Å²) >= 11 is 0. The standard InChI is InChI=1S/C16H19N3O4S/c1-10-3-4-15(20)14(7-10)17-8-13-11(2)18-19(16(13)21)12-5-6-24(22,23)9-12/h3-4,7-8,12,18,20H,5-6,9H2,1-2H3/t12-/m0/s1. The predicted octanol–water partition coefficient (Wildman–Crippen LogP) is 1.61. The SMILES string of the molecule is Cc1ccc(O)c(N=Cc2c(C)[nH]n([C@H]3CCS(=O)(=O)C3)c2=O)c1. The van der Waals surface area contributed by atoms with Crippen molar-refractivity contribution in [1.29, 1.82) is 0 Å². The minimum Gasteiger partial charge on any atom is -0.506 e. The number of nitrogens with zero attached hydrogens (tertiary/aromatic N) is 2. The van der Waals surface area contributed by atoms with E-state index in [9.17, 15) is 18.3 Å². The van der Waals surface area contributed by atoms with Crippen molar-refractivity contribution in [2.24, 2.45) is 4.99 Å². The Morgan fingerprint density at radius 1 is 1.38 bits per heavy atom. The molecule has 1 atom stereocenters. The van der Waals surface area contributed by atoms with Gasteiger partial charge in [0, 0.05) is 11.9 Å². The van der Waals surface area contributed by atoms with Gasteiger partial charge < -0.3 is 5.11 Å². The molecule has 0 aliphatic carbocycles. The summed E-state index contributed by atoms with van der Waals surface area (Å²) in [6, 6.07) is 4.67. The van der Waals surface area contributed by atoms with Gasteiger partial charge in [-0.1, -0.05) is 6.07 Å². The number of benzene rings is 1. The lowest BCUT2D eigenvalue weighted by Crippen LogP contribution is -2.25. The van der Waals surface area contributed by atoms with E-state index in [1.54, 1.807) is 25.1 Å². The number of phenolic OH excluding ortho intramolecular Hbond substituents is 1. The first kappa shape index (κ1) is 16.5. The molecule has 0 saturated carbocycles. The Balaban J connectivity index is 1.94. The molecular formula is C16H19N3O4S. The topological polar surface area (TPSA) is 105 Å². The van der Waals surface area contributed by atoms with Crippen LogP contribution >= 0.6 is 0 Å². The number of H-pyrrole nitrogens is 1. The Hall–Kier alpha value is -2.35. The number of aliphatic imine (C=N–C) groups is 1. The van der Waals surface area contributed by atoms with Gasteiger partial charge in [0.05, 0.1) is 23.1 Å². The van der Waals surface area contributed by atoms with Crippen LogP contribution in [0.3, 0.4) is 0 Å². The van der Waals surface area contributed by atoms with Crippen LogP contribution in [0.2, 0.25) is 0 Å². The van der Waals surface area contributed by atoms with Gasteiger partial charge in [0.1, 0.15) is 11.4 Å². The summed E-state index contributed by atoms with van der Waals surface area (Å²) < 4.78 is 24.6. The van der Waals surface area contributed by atoms with Crippen LogP contribution in [0.25, 0.3) is 0 Å². The quantitative estimate of drug-likeness (QED) is 0.821. The number of phenols is 1. The molecule has 0 spiro atoms. The van der Waals surface area contributed by atoms with Crippen LogP contribution in [0.1, 0.15) is 29.3 Å². The smallest absolute Gasteiger partial charge is 0.275 e. The molecule has 2 N–H and O–H groups in total. The zero-order chi connectivity index (χ0) is 17.5. The van der Waals surface area contributed by atoms with Crippen LogP contribution in [0, 0.1) is 13.8 Å². The van der Waals surface area contributed by atoms with Gasteiger partial charge in [-0.05, 0) is 38.0 Å². The summed E-state index contributed by atoms with van der Waals surface area (Å²) in [5.41, 5.74) is 2.00. The lowest BCUT2D eigenvalue weighted by atomic mass is 10.2. The molecule has 1 saturated heterocycles. The summed E-state index contributed by atoms with van der Waals surface area (Å²) in [5, 5.41) is 12.8. The molecule has 8 heteroatoms. The lowest BCUT2D eigenvalue weighted by molar-refractivity contribution is 0.477. The Kier molecular flexibility index (Phi) is 4.08. The molecule has 1 aromatic heterocycles. The fourth-order valence-corrected chi connectivity index (χ4v) is 4.54. The Morgan fingerprint density at radius 3 is 2.79 bits per heavy atom. The van der Waals surface area contributed by atoms with Crippen LogP contribution in [0.5, 0.6) is 5.75 Å². The largest absolute Gasteiger partial charge is 0.506 e. The molecule has 24 heavy (non-hydrogen) atoms. The van der Waals surface area contributed by atoms with Crippen LogP contribution in [0.4, 0.5) is 5.69 Å². The number of aromatic amines is 1. The number of sulfone groups is 1. The second-order valence-electron chi connectivity index (χ2n) is 6.13.